The smallest absolute Gasteiger partial charge is 0.144 e. The van der Waals surface area contributed by atoms with Crippen LogP contribution in [0, 0.1) is 11.3 Å². The number of benzene rings is 1. The zero-order chi connectivity index (χ0) is 8.97. The number of nitrogen functional groups attached to an aromatic ring is 1. The van der Waals surface area contributed by atoms with E-state index in [0.29, 0.717) is 17.0 Å². The van der Waals surface area contributed by atoms with E-state index in [1.807, 2.05) is 6.07 Å². The Bertz CT molecular complexity index is 322. The summed E-state index contributed by atoms with van der Waals surface area (Å²) in [6.07, 6.45) is 0. The summed E-state index contributed by atoms with van der Waals surface area (Å²) in [5, 5.41) is 8.56. The molecule has 0 heterocycles. The van der Waals surface area contributed by atoms with Gasteiger partial charge in [0.15, 0.2) is 0 Å². The minimum Gasteiger partial charge on any atom is -0.494 e. The van der Waals surface area contributed by atoms with Crippen LogP contribution in [-0.2, 0) is 0 Å². The molecule has 0 fully saturated rings. The molecule has 0 saturated heterocycles. The average Bonchev–Trinajstić information content (AvgIpc) is 2.16. The van der Waals surface area contributed by atoms with E-state index < -0.39 is 0 Å². The molecule has 13 heavy (non-hydrogen) atoms. The second kappa shape index (κ2) is 5.25. The number of hydrazine groups is 1. The molecule has 0 aliphatic heterocycles. The third-order valence-corrected chi connectivity index (χ3v) is 1.49. The number of ether oxygens (including phenoxy) is 1. The number of methoxy groups -OCH3 is 1. The van der Waals surface area contributed by atoms with Crippen molar-refractivity contribution in [3.8, 4) is 11.8 Å². The first kappa shape index (κ1) is 11.6. The van der Waals surface area contributed by atoms with Gasteiger partial charge in [0.2, 0.25) is 0 Å². The predicted octanol–water partition coefficient (Wildman–Crippen LogP) is 1.27. The van der Waals surface area contributed by atoms with Gasteiger partial charge in [-0.25, -0.2) is 0 Å². The van der Waals surface area contributed by atoms with Gasteiger partial charge in [-0.05, 0) is 12.1 Å². The second-order valence-corrected chi connectivity index (χ2v) is 2.17. The molecular formula is C8H10ClN3O. The molecule has 0 aliphatic carbocycles. The average molecular weight is 200 g/mol. The number of rotatable bonds is 2. The highest BCUT2D eigenvalue weighted by atomic mass is 35.5. The van der Waals surface area contributed by atoms with Crippen LogP contribution >= 0.6 is 12.4 Å². The Morgan fingerprint density at radius 2 is 2.23 bits per heavy atom. The molecule has 0 amide bonds. The lowest BCUT2D eigenvalue weighted by atomic mass is 10.2. The van der Waals surface area contributed by atoms with Crippen LogP contribution in [-0.4, -0.2) is 7.11 Å². The summed E-state index contributed by atoms with van der Waals surface area (Å²) in [6, 6.07) is 6.98. The van der Waals surface area contributed by atoms with E-state index in [1.54, 1.807) is 18.2 Å². The molecule has 0 aliphatic rings. The summed E-state index contributed by atoms with van der Waals surface area (Å²) in [5.74, 6) is 5.77. The highest BCUT2D eigenvalue weighted by molar-refractivity contribution is 5.85. The Kier molecular flexibility index (Phi) is 4.67. The molecule has 0 atom stereocenters. The van der Waals surface area contributed by atoms with Gasteiger partial charge in [0.25, 0.3) is 0 Å². The van der Waals surface area contributed by atoms with Gasteiger partial charge in [-0.2, -0.15) is 5.26 Å². The van der Waals surface area contributed by atoms with Crippen molar-refractivity contribution in [1.29, 1.82) is 5.26 Å². The van der Waals surface area contributed by atoms with Crippen molar-refractivity contribution in [2.45, 2.75) is 0 Å². The van der Waals surface area contributed by atoms with Gasteiger partial charge in [-0.3, -0.25) is 5.84 Å². The maximum absolute atomic E-state index is 8.56. The number of hydrogen-bond donors (Lipinski definition) is 2. The van der Waals surface area contributed by atoms with Crippen molar-refractivity contribution in [2.24, 2.45) is 5.84 Å². The molecule has 5 heteroatoms. The summed E-state index contributed by atoms with van der Waals surface area (Å²) in [5.41, 5.74) is 3.67. The summed E-state index contributed by atoms with van der Waals surface area (Å²) in [4.78, 5) is 0. The van der Waals surface area contributed by atoms with Crippen LogP contribution in [0.4, 0.5) is 5.69 Å². The molecule has 1 aromatic carbocycles. The van der Waals surface area contributed by atoms with Crippen LogP contribution in [0.3, 0.4) is 0 Å². The lowest BCUT2D eigenvalue weighted by Gasteiger charge is -2.06. The first-order valence-electron chi connectivity index (χ1n) is 3.36. The predicted molar refractivity (Wildman–Crippen MR) is 52.8 cm³/mol. The van der Waals surface area contributed by atoms with E-state index >= 15 is 0 Å². The molecule has 0 spiro atoms. The fourth-order valence-corrected chi connectivity index (χ4v) is 0.880. The zero-order valence-corrected chi connectivity index (χ0v) is 7.89. The van der Waals surface area contributed by atoms with Crippen LogP contribution < -0.4 is 16.0 Å². The van der Waals surface area contributed by atoms with Gasteiger partial charge in [-0.15, -0.1) is 12.4 Å². The summed E-state index contributed by atoms with van der Waals surface area (Å²) >= 11 is 0. The Morgan fingerprint density at radius 3 is 2.69 bits per heavy atom. The maximum Gasteiger partial charge on any atom is 0.144 e. The van der Waals surface area contributed by atoms with Crippen LogP contribution in [0.5, 0.6) is 5.75 Å². The Labute approximate surface area is 82.7 Å². The van der Waals surface area contributed by atoms with Gasteiger partial charge in [0.1, 0.15) is 5.75 Å². The third kappa shape index (κ3) is 2.51. The maximum atomic E-state index is 8.56. The molecule has 0 aromatic heterocycles. The van der Waals surface area contributed by atoms with E-state index in [-0.39, 0.29) is 12.4 Å². The molecule has 1 aromatic rings. The fourth-order valence-electron chi connectivity index (χ4n) is 0.880. The first-order valence-corrected chi connectivity index (χ1v) is 3.36. The number of anilines is 1. The van der Waals surface area contributed by atoms with Crippen LogP contribution in [0.1, 0.15) is 5.56 Å². The van der Waals surface area contributed by atoms with Crippen LogP contribution in [0.2, 0.25) is 0 Å². The van der Waals surface area contributed by atoms with E-state index in [0.717, 1.165) is 0 Å². The Balaban J connectivity index is 0.00000144. The molecule has 3 N–H and O–H groups in total. The molecule has 0 bridgehead atoms. The van der Waals surface area contributed by atoms with E-state index in [9.17, 15) is 0 Å². The van der Waals surface area contributed by atoms with Crippen molar-refractivity contribution >= 4 is 18.1 Å². The summed E-state index contributed by atoms with van der Waals surface area (Å²) in [6.45, 7) is 0. The van der Waals surface area contributed by atoms with E-state index in [4.69, 9.17) is 15.8 Å². The highest BCUT2D eigenvalue weighted by Gasteiger charge is 2.01. The second-order valence-electron chi connectivity index (χ2n) is 2.17. The highest BCUT2D eigenvalue weighted by Crippen LogP contribution is 2.23. The Hall–Kier alpha value is -1.44. The lowest BCUT2D eigenvalue weighted by molar-refractivity contribution is 0.416. The van der Waals surface area contributed by atoms with Gasteiger partial charge >= 0.3 is 0 Å². The number of nitrogens with one attached hydrogen (secondary N) is 1. The molecule has 0 saturated carbocycles. The number of nitrogens with zero attached hydrogens (tertiary/aromatic N) is 1. The minimum atomic E-state index is 0. The molecule has 4 nitrogen and oxygen atoms in total. The van der Waals surface area contributed by atoms with Crippen molar-refractivity contribution in [3.63, 3.8) is 0 Å². The Morgan fingerprint density at radius 1 is 1.54 bits per heavy atom. The van der Waals surface area contributed by atoms with Gasteiger partial charge in [0, 0.05) is 6.07 Å². The first-order chi connectivity index (χ1) is 5.81. The third-order valence-electron chi connectivity index (χ3n) is 1.49. The van der Waals surface area contributed by atoms with Crippen molar-refractivity contribution in [2.75, 3.05) is 12.5 Å². The SMILES string of the molecule is COc1cc(C#N)ccc1NN.Cl. The lowest BCUT2D eigenvalue weighted by Crippen LogP contribution is -2.07. The fraction of sp³-hybridized carbons (Fsp3) is 0.125. The number of halogens is 1. The van der Waals surface area contributed by atoms with Crippen molar-refractivity contribution in [1.82, 2.24) is 0 Å². The van der Waals surface area contributed by atoms with Crippen molar-refractivity contribution < 1.29 is 4.74 Å². The molecule has 1 rings (SSSR count). The normalized spacial score (nSPS) is 8.08. The molecule has 0 radical (unpaired) electrons. The quantitative estimate of drug-likeness (QED) is 0.556. The number of hydrogen-bond acceptors (Lipinski definition) is 4. The van der Waals surface area contributed by atoms with Gasteiger partial charge < -0.3 is 10.2 Å². The van der Waals surface area contributed by atoms with E-state index in [2.05, 4.69) is 5.43 Å². The summed E-state index contributed by atoms with van der Waals surface area (Å²) in [7, 11) is 1.53. The molecular weight excluding hydrogens is 190 g/mol. The van der Waals surface area contributed by atoms with Gasteiger partial charge in [-0.1, -0.05) is 0 Å². The van der Waals surface area contributed by atoms with Gasteiger partial charge in [0.05, 0.1) is 24.4 Å². The molecule has 70 valence electrons. The van der Waals surface area contributed by atoms with Crippen LogP contribution in [0.25, 0.3) is 0 Å². The topological polar surface area (TPSA) is 71.1 Å². The molecule has 0 unspecified atom stereocenters. The van der Waals surface area contributed by atoms with Crippen molar-refractivity contribution in [3.05, 3.63) is 23.8 Å². The summed E-state index contributed by atoms with van der Waals surface area (Å²) < 4.78 is 4.99. The van der Waals surface area contributed by atoms with E-state index in [1.165, 1.54) is 7.11 Å². The standard InChI is InChI=1S/C8H9N3O.ClH/c1-12-8-4-6(5-9)2-3-7(8)11-10;/h2-4,11H,10H2,1H3;1H. The monoisotopic (exact) mass is 199 g/mol. The zero-order valence-electron chi connectivity index (χ0n) is 7.07. The van der Waals surface area contributed by atoms with Crippen LogP contribution in [0.15, 0.2) is 18.2 Å². The number of nitriles is 1. The largest absolute Gasteiger partial charge is 0.494 e. The number of nitrogens with two attached hydrogens (primary N) is 1. The minimum absolute atomic E-state index is 0.